The van der Waals surface area contributed by atoms with E-state index in [4.69, 9.17) is 14.2 Å². The van der Waals surface area contributed by atoms with E-state index < -0.39 is 30.7 Å². The Morgan fingerprint density at radius 3 is 2.64 bits per heavy atom. The number of ether oxygens (including phenoxy) is 3. The number of rotatable bonds is 9. The normalized spacial score (nSPS) is 25.0. The Kier molecular flexibility index (Phi) is 8.80. The smallest absolute Gasteiger partial charge is 0.229 e. The third kappa shape index (κ3) is 6.29. The molecular weight excluding hydrogens is 429 g/mol. The summed E-state index contributed by atoms with van der Waals surface area (Å²) >= 11 is 0. The first-order valence-corrected chi connectivity index (χ1v) is 11.2. The Labute approximate surface area is 193 Å². The van der Waals surface area contributed by atoms with Gasteiger partial charge in [0, 0.05) is 20.6 Å². The summed E-state index contributed by atoms with van der Waals surface area (Å²) in [6.07, 6.45) is -2.65. The molecule has 3 N–H and O–H groups in total. The second-order valence-electron chi connectivity index (χ2n) is 8.19. The van der Waals surface area contributed by atoms with Gasteiger partial charge in [0.2, 0.25) is 12.2 Å². The zero-order valence-electron chi connectivity index (χ0n) is 19.2. The Bertz CT molecular complexity index is 939. The van der Waals surface area contributed by atoms with E-state index in [2.05, 4.69) is 5.32 Å². The van der Waals surface area contributed by atoms with Crippen molar-refractivity contribution in [3.05, 3.63) is 53.8 Å². The van der Waals surface area contributed by atoms with Crippen molar-refractivity contribution in [3.63, 3.8) is 0 Å². The van der Waals surface area contributed by atoms with Crippen LogP contribution in [-0.2, 0) is 20.7 Å². The Morgan fingerprint density at radius 1 is 1.18 bits per heavy atom. The van der Waals surface area contributed by atoms with Crippen LogP contribution in [0.25, 0.3) is 11.1 Å². The molecular formula is C25H32FNO6. The van der Waals surface area contributed by atoms with Crippen LogP contribution in [0.15, 0.2) is 42.5 Å². The lowest BCUT2D eigenvalue weighted by molar-refractivity contribution is -0.277. The fourth-order valence-electron chi connectivity index (χ4n) is 4.09. The molecule has 2 aromatic rings. The molecule has 1 amide bonds. The molecule has 1 aliphatic rings. The molecule has 0 unspecified atom stereocenters. The van der Waals surface area contributed by atoms with Crippen molar-refractivity contribution in [3.8, 4) is 16.9 Å². The maximum Gasteiger partial charge on any atom is 0.229 e. The number of nitrogens with one attached hydrogen (secondary N) is 1. The van der Waals surface area contributed by atoms with Gasteiger partial charge in [0.15, 0.2) is 0 Å². The number of hydrogen-bond acceptors (Lipinski definition) is 6. The Hall–Kier alpha value is -2.52. The lowest BCUT2D eigenvalue weighted by atomic mass is 9.95. The van der Waals surface area contributed by atoms with E-state index in [9.17, 15) is 19.4 Å². The van der Waals surface area contributed by atoms with E-state index in [0.29, 0.717) is 30.7 Å². The molecule has 8 heteroatoms. The Balaban J connectivity index is 1.87. The molecule has 1 heterocycles. The van der Waals surface area contributed by atoms with Gasteiger partial charge in [-0.25, -0.2) is 4.39 Å². The summed E-state index contributed by atoms with van der Waals surface area (Å²) < 4.78 is 31.1. The first-order valence-electron chi connectivity index (χ1n) is 11.2. The lowest BCUT2D eigenvalue weighted by Crippen LogP contribution is -2.59. The summed E-state index contributed by atoms with van der Waals surface area (Å²) in [5.74, 6) is -0.0889. The number of halogens is 1. The molecule has 1 aliphatic heterocycles. The highest BCUT2D eigenvalue weighted by atomic mass is 19.1. The largest absolute Gasteiger partial charge is 0.462 e. The van der Waals surface area contributed by atoms with E-state index in [0.717, 1.165) is 17.5 Å². The van der Waals surface area contributed by atoms with Crippen molar-refractivity contribution in [2.75, 3.05) is 13.7 Å². The molecule has 1 fully saturated rings. The van der Waals surface area contributed by atoms with Crippen LogP contribution in [0.3, 0.4) is 0 Å². The zero-order valence-corrected chi connectivity index (χ0v) is 19.2. The monoisotopic (exact) mass is 461 g/mol. The van der Waals surface area contributed by atoms with Crippen LogP contribution in [0.2, 0.25) is 0 Å². The lowest BCUT2D eigenvalue weighted by Gasteiger charge is -2.41. The number of benzene rings is 2. The Morgan fingerprint density at radius 2 is 1.97 bits per heavy atom. The van der Waals surface area contributed by atoms with Crippen molar-refractivity contribution in [1.82, 2.24) is 5.32 Å². The molecule has 1 saturated heterocycles. The van der Waals surface area contributed by atoms with Crippen molar-refractivity contribution >= 4 is 5.91 Å². The molecule has 0 radical (unpaired) electrons. The molecule has 0 spiro atoms. The van der Waals surface area contributed by atoms with Crippen molar-refractivity contribution < 1.29 is 33.6 Å². The van der Waals surface area contributed by atoms with Gasteiger partial charge in [0.1, 0.15) is 29.9 Å². The number of carbonyl (C=O) groups is 1. The third-order valence-corrected chi connectivity index (χ3v) is 5.72. The van der Waals surface area contributed by atoms with Gasteiger partial charge in [0.05, 0.1) is 6.10 Å². The second kappa shape index (κ2) is 11.6. The third-order valence-electron chi connectivity index (χ3n) is 5.72. The molecule has 7 nitrogen and oxygen atoms in total. The van der Waals surface area contributed by atoms with Crippen molar-refractivity contribution in [1.29, 1.82) is 0 Å². The first-order chi connectivity index (χ1) is 15.8. The van der Waals surface area contributed by atoms with Gasteiger partial charge in [-0.2, -0.15) is 0 Å². The molecule has 0 aliphatic carbocycles. The highest BCUT2D eigenvalue weighted by Gasteiger charge is 2.45. The zero-order chi connectivity index (χ0) is 24.0. The fourth-order valence-corrected chi connectivity index (χ4v) is 4.09. The van der Waals surface area contributed by atoms with Gasteiger partial charge in [-0.1, -0.05) is 31.5 Å². The highest BCUT2D eigenvalue weighted by molar-refractivity contribution is 5.73. The van der Waals surface area contributed by atoms with Crippen LogP contribution < -0.4 is 10.1 Å². The average molecular weight is 462 g/mol. The number of methoxy groups -OCH3 is 1. The van der Waals surface area contributed by atoms with Crippen LogP contribution >= 0.6 is 0 Å². The maximum atomic E-state index is 13.9. The predicted molar refractivity (Wildman–Crippen MR) is 121 cm³/mol. The molecule has 33 heavy (non-hydrogen) atoms. The summed E-state index contributed by atoms with van der Waals surface area (Å²) in [7, 11) is 1.47. The van der Waals surface area contributed by atoms with Crippen molar-refractivity contribution in [2.24, 2.45) is 0 Å². The number of aliphatic hydroxyl groups excluding tert-OH is 2. The minimum Gasteiger partial charge on any atom is -0.462 e. The van der Waals surface area contributed by atoms with Crippen LogP contribution in [0, 0.1) is 5.82 Å². The first kappa shape index (κ1) is 25.1. The van der Waals surface area contributed by atoms with E-state index in [-0.39, 0.29) is 11.7 Å². The molecule has 3 rings (SSSR count). The van der Waals surface area contributed by atoms with E-state index in [1.165, 1.54) is 26.2 Å². The minimum absolute atomic E-state index is 0.125. The van der Waals surface area contributed by atoms with Crippen molar-refractivity contribution in [2.45, 2.75) is 63.8 Å². The van der Waals surface area contributed by atoms with Gasteiger partial charge >= 0.3 is 0 Å². The van der Waals surface area contributed by atoms with Gasteiger partial charge in [0.25, 0.3) is 0 Å². The second-order valence-corrected chi connectivity index (χ2v) is 8.19. The molecule has 5 atom stereocenters. The number of carbonyl (C=O) groups excluding carboxylic acids is 1. The van der Waals surface area contributed by atoms with Gasteiger partial charge in [-0.3, -0.25) is 4.79 Å². The quantitative estimate of drug-likeness (QED) is 0.531. The van der Waals surface area contributed by atoms with E-state index in [1.807, 2.05) is 13.0 Å². The maximum absolute atomic E-state index is 13.9. The summed E-state index contributed by atoms with van der Waals surface area (Å²) in [6, 6.07) is 11.5. The summed E-state index contributed by atoms with van der Waals surface area (Å²) in [4.78, 5) is 11.2. The fraction of sp³-hybridized carbons (Fsp3) is 0.480. The topological polar surface area (TPSA) is 97.3 Å². The number of amides is 1. The van der Waals surface area contributed by atoms with Crippen LogP contribution in [-0.4, -0.2) is 60.5 Å². The molecule has 180 valence electrons. The standard InChI is InChI=1S/C25H32FNO6/c1-4-6-21-24(31-3)22(29)23(30)25(33-21)32-19-10-9-16(11-12-27-15(2)28)20(14-19)17-7-5-8-18(26)13-17/h5,7-10,13-14,21-25,29-30H,4,6,11-12H2,1-3H3,(H,27,28)/t21-,22-,23+,24-,25+/m0/s1. The van der Waals surface area contributed by atoms with Gasteiger partial charge in [-0.05, 0) is 53.8 Å². The van der Waals surface area contributed by atoms with E-state index in [1.54, 1.807) is 24.3 Å². The van der Waals surface area contributed by atoms with Crippen LogP contribution in [0.5, 0.6) is 5.75 Å². The molecule has 0 bridgehead atoms. The van der Waals surface area contributed by atoms with Crippen LogP contribution in [0.1, 0.15) is 32.3 Å². The minimum atomic E-state index is -1.31. The SMILES string of the molecule is CCC[C@@H]1O[C@@H](Oc2ccc(CCNC(C)=O)c(-c3cccc(F)c3)c2)[C@H](O)[C@H](O)[C@H]1OC. The predicted octanol–water partition coefficient (Wildman–Crippen LogP) is 2.81. The van der Waals surface area contributed by atoms with Gasteiger partial charge in [-0.15, -0.1) is 0 Å². The van der Waals surface area contributed by atoms with E-state index >= 15 is 0 Å². The van der Waals surface area contributed by atoms with Gasteiger partial charge < -0.3 is 29.7 Å². The van der Waals surface area contributed by atoms with Crippen LogP contribution in [0.4, 0.5) is 4.39 Å². The number of hydrogen-bond donors (Lipinski definition) is 3. The highest BCUT2D eigenvalue weighted by Crippen LogP contribution is 2.32. The average Bonchev–Trinajstić information content (AvgIpc) is 2.78. The number of aliphatic hydroxyl groups is 2. The molecule has 0 aromatic heterocycles. The molecule has 0 saturated carbocycles. The summed E-state index contributed by atoms with van der Waals surface area (Å²) in [5.41, 5.74) is 2.30. The molecule has 2 aromatic carbocycles. The summed E-state index contributed by atoms with van der Waals surface area (Å²) in [6.45, 7) is 3.88. The summed E-state index contributed by atoms with van der Waals surface area (Å²) in [5, 5.41) is 23.8.